The van der Waals surface area contributed by atoms with E-state index in [1.165, 1.54) is 19.1 Å². The van der Waals surface area contributed by atoms with Gasteiger partial charge in [-0.2, -0.15) is 0 Å². The Balaban J connectivity index is 2.20. The van der Waals surface area contributed by atoms with Crippen LogP contribution in [-0.4, -0.2) is 19.6 Å². The van der Waals surface area contributed by atoms with Crippen LogP contribution < -0.4 is 4.72 Å². The van der Waals surface area contributed by atoms with E-state index in [4.69, 9.17) is 0 Å². The first kappa shape index (κ1) is 17.5. The molecule has 0 saturated carbocycles. The second-order valence-corrected chi connectivity index (χ2v) is 6.70. The summed E-state index contributed by atoms with van der Waals surface area (Å²) < 4.78 is 65.6. The summed E-state index contributed by atoms with van der Waals surface area (Å²) in [4.78, 5) is -0.304. The largest absolute Gasteiger partial charge is 0.387 e. The molecule has 0 aliphatic heterocycles. The molecule has 0 aromatic heterocycles. The fraction of sp³-hybridized carbons (Fsp3) is 0.200. The predicted molar refractivity (Wildman–Crippen MR) is 77.5 cm³/mol. The minimum Gasteiger partial charge on any atom is -0.387 e. The van der Waals surface area contributed by atoms with Crippen molar-refractivity contribution >= 4 is 10.0 Å². The van der Waals surface area contributed by atoms with Crippen LogP contribution in [0.4, 0.5) is 13.2 Å². The number of sulfonamides is 1. The van der Waals surface area contributed by atoms with E-state index in [1.807, 2.05) is 0 Å². The lowest BCUT2D eigenvalue weighted by Crippen LogP contribution is -2.37. The normalized spacial score (nSPS) is 14.5. The van der Waals surface area contributed by atoms with Gasteiger partial charge in [0.25, 0.3) is 0 Å². The third kappa shape index (κ3) is 4.10. The molecule has 0 fully saturated rings. The Kier molecular flexibility index (Phi) is 5.08. The summed E-state index contributed by atoms with van der Waals surface area (Å²) in [6.45, 7) is 1.35. The molecule has 2 atom stereocenters. The highest BCUT2D eigenvalue weighted by molar-refractivity contribution is 7.89. The van der Waals surface area contributed by atoms with Crippen LogP contribution >= 0.6 is 0 Å². The van der Waals surface area contributed by atoms with Crippen molar-refractivity contribution in [1.29, 1.82) is 0 Å². The predicted octanol–water partition coefficient (Wildman–Crippen LogP) is 2.50. The summed E-state index contributed by atoms with van der Waals surface area (Å²) in [6, 6.07) is 6.08. The number of benzene rings is 2. The maximum atomic E-state index is 13.2. The van der Waals surface area contributed by atoms with Gasteiger partial charge in [0.05, 0.1) is 11.0 Å². The molecule has 0 unspecified atom stereocenters. The summed E-state index contributed by atoms with van der Waals surface area (Å²) in [5.41, 5.74) is 0.0124. The Morgan fingerprint density at radius 2 is 1.74 bits per heavy atom. The lowest BCUT2D eigenvalue weighted by Gasteiger charge is -2.20. The quantitative estimate of drug-likeness (QED) is 0.875. The van der Waals surface area contributed by atoms with Gasteiger partial charge in [0.1, 0.15) is 5.82 Å². The van der Waals surface area contributed by atoms with E-state index >= 15 is 0 Å². The summed E-state index contributed by atoms with van der Waals surface area (Å²) in [5.74, 6) is -2.95. The van der Waals surface area contributed by atoms with Crippen molar-refractivity contribution in [2.45, 2.75) is 24.0 Å². The molecule has 124 valence electrons. The first-order valence-corrected chi connectivity index (χ1v) is 8.10. The zero-order valence-corrected chi connectivity index (χ0v) is 12.8. The van der Waals surface area contributed by atoms with E-state index in [9.17, 15) is 26.7 Å². The molecule has 2 rings (SSSR count). The molecule has 2 aromatic rings. The molecule has 0 amide bonds. The van der Waals surface area contributed by atoms with Gasteiger partial charge in [-0.25, -0.2) is 26.3 Å². The topological polar surface area (TPSA) is 66.4 Å². The highest BCUT2D eigenvalue weighted by Gasteiger charge is 2.24. The molecule has 0 saturated heterocycles. The lowest BCUT2D eigenvalue weighted by molar-refractivity contribution is 0.146. The van der Waals surface area contributed by atoms with E-state index < -0.39 is 39.6 Å². The molecular weight excluding hydrogens is 331 g/mol. The number of aliphatic hydroxyl groups is 1. The molecule has 8 heteroatoms. The van der Waals surface area contributed by atoms with Gasteiger partial charge in [-0.15, -0.1) is 0 Å². The zero-order valence-electron chi connectivity index (χ0n) is 12.0. The van der Waals surface area contributed by atoms with Crippen LogP contribution in [0.15, 0.2) is 47.4 Å². The molecular formula is C15H14F3NO3S. The number of hydrogen-bond acceptors (Lipinski definition) is 3. The van der Waals surface area contributed by atoms with Gasteiger partial charge >= 0.3 is 0 Å². The number of halogens is 3. The second-order valence-electron chi connectivity index (χ2n) is 4.99. The van der Waals surface area contributed by atoms with Gasteiger partial charge in [-0.1, -0.05) is 12.1 Å². The van der Waals surface area contributed by atoms with Crippen molar-refractivity contribution in [3.8, 4) is 0 Å². The van der Waals surface area contributed by atoms with Gasteiger partial charge in [0.2, 0.25) is 10.0 Å². The minimum absolute atomic E-state index is 0.0124. The van der Waals surface area contributed by atoms with Gasteiger partial charge in [0.15, 0.2) is 11.6 Å². The van der Waals surface area contributed by atoms with Crippen LogP contribution in [0.3, 0.4) is 0 Å². The van der Waals surface area contributed by atoms with E-state index in [2.05, 4.69) is 4.72 Å². The van der Waals surface area contributed by atoms with Crippen LogP contribution in [0.1, 0.15) is 18.6 Å². The summed E-state index contributed by atoms with van der Waals surface area (Å²) in [6.07, 6.45) is -1.41. The Morgan fingerprint density at radius 1 is 1.04 bits per heavy atom. The Bertz CT molecular complexity index is 811. The smallest absolute Gasteiger partial charge is 0.241 e. The molecule has 2 N–H and O–H groups in total. The SMILES string of the molecule is C[C@H](NS(=O)(=O)c1cccc(F)c1)[C@@H](O)c1ccc(F)c(F)c1. The van der Waals surface area contributed by atoms with Gasteiger partial charge in [-0.3, -0.25) is 0 Å². The summed E-state index contributed by atoms with van der Waals surface area (Å²) >= 11 is 0. The number of rotatable bonds is 5. The number of hydrogen-bond donors (Lipinski definition) is 2. The third-order valence-electron chi connectivity index (χ3n) is 3.21. The third-order valence-corrected chi connectivity index (χ3v) is 4.76. The fourth-order valence-electron chi connectivity index (χ4n) is 2.00. The molecule has 0 spiro atoms. The van der Waals surface area contributed by atoms with Crippen molar-refractivity contribution < 1.29 is 26.7 Å². The Labute approximate surface area is 131 Å². The van der Waals surface area contributed by atoms with Crippen LogP contribution in [0, 0.1) is 17.5 Å². The zero-order chi connectivity index (χ0) is 17.2. The molecule has 23 heavy (non-hydrogen) atoms. The van der Waals surface area contributed by atoms with Crippen LogP contribution in [0.2, 0.25) is 0 Å². The molecule has 0 aliphatic rings. The Hall–Kier alpha value is -1.90. The highest BCUT2D eigenvalue weighted by atomic mass is 32.2. The number of nitrogens with one attached hydrogen (secondary N) is 1. The minimum atomic E-state index is -4.07. The molecule has 2 aromatic carbocycles. The van der Waals surface area contributed by atoms with Gasteiger partial charge < -0.3 is 5.11 Å². The molecule has 4 nitrogen and oxygen atoms in total. The van der Waals surface area contributed by atoms with Crippen LogP contribution in [0.25, 0.3) is 0 Å². The fourth-order valence-corrected chi connectivity index (χ4v) is 3.28. The summed E-state index contributed by atoms with van der Waals surface area (Å²) in [5, 5.41) is 10.1. The first-order valence-electron chi connectivity index (χ1n) is 6.61. The molecule has 0 heterocycles. The van der Waals surface area contributed by atoms with E-state index in [1.54, 1.807) is 0 Å². The maximum Gasteiger partial charge on any atom is 0.241 e. The average Bonchev–Trinajstić information content (AvgIpc) is 2.49. The van der Waals surface area contributed by atoms with Crippen molar-refractivity contribution in [3.05, 3.63) is 65.5 Å². The standard InChI is InChI=1S/C15H14F3NO3S/c1-9(15(20)10-5-6-13(17)14(18)7-10)19-23(21,22)12-4-2-3-11(16)8-12/h2-9,15,19-20H,1H3/t9-,15+/m0/s1. The maximum absolute atomic E-state index is 13.2. The summed E-state index contributed by atoms with van der Waals surface area (Å²) in [7, 11) is -4.07. The monoisotopic (exact) mass is 345 g/mol. The lowest BCUT2D eigenvalue weighted by atomic mass is 10.0. The van der Waals surface area contributed by atoms with Crippen LogP contribution in [-0.2, 0) is 10.0 Å². The second kappa shape index (κ2) is 6.69. The van der Waals surface area contributed by atoms with Crippen LogP contribution in [0.5, 0.6) is 0 Å². The Morgan fingerprint density at radius 3 is 2.35 bits per heavy atom. The average molecular weight is 345 g/mol. The molecule has 0 radical (unpaired) electrons. The van der Waals surface area contributed by atoms with E-state index in [-0.39, 0.29) is 10.5 Å². The van der Waals surface area contributed by atoms with Crippen molar-refractivity contribution in [1.82, 2.24) is 4.72 Å². The molecule has 0 bridgehead atoms. The van der Waals surface area contributed by atoms with Crippen molar-refractivity contribution in [2.75, 3.05) is 0 Å². The van der Waals surface area contributed by atoms with Gasteiger partial charge in [-0.05, 0) is 42.8 Å². The highest BCUT2D eigenvalue weighted by Crippen LogP contribution is 2.21. The number of aliphatic hydroxyl groups excluding tert-OH is 1. The van der Waals surface area contributed by atoms with E-state index in [0.29, 0.717) is 0 Å². The van der Waals surface area contributed by atoms with Crippen molar-refractivity contribution in [2.24, 2.45) is 0 Å². The molecule has 0 aliphatic carbocycles. The van der Waals surface area contributed by atoms with E-state index in [0.717, 1.165) is 30.3 Å². The van der Waals surface area contributed by atoms with Gasteiger partial charge in [0, 0.05) is 6.04 Å². The first-order chi connectivity index (χ1) is 10.7. The van der Waals surface area contributed by atoms with Crippen molar-refractivity contribution in [3.63, 3.8) is 0 Å².